The summed E-state index contributed by atoms with van der Waals surface area (Å²) in [6, 6.07) is 14.4. The van der Waals surface area contributed by atoms with Crippen LogP contribution in [0.25, 0.3) is 22.3 Å². The van der Waals surface area contributed by atoms with Crippen LogP contribution in [0.1, 0.15) is 31.0 Å². The first-order valence-electron chi connectivity index (χ1n) is 12.8. The van der Waals surface area contributed by atoms with Gasteiger partial charge in [-0.2, -0.15) is 23.0 Å². The fraction of sp³-hybridized carbons (Fsp3) is 0.276. The zero-order valence-corrected chi connectivity index (χ0v) is 22.7. The number of amides is 1. The normalized spacial score (nSPS) is 14.0. The summed E-state index contributed by atoms with van der Waals surface area (Å²) in [5.74, 6) is 0.435. The molecule has 2 heterocycles. The number of anilines is 1. The highest BCUT2D eigenvalue weighted by atomic mass is 35.5. The Morgan fingerprint density at radius 1 is 1.15 bits per heavy atom. The number of ether oxygens (including phenoxy) is 2. The second kappa shape index (κ2) is 11.7. The quantitative estimate of drug-likeness (QED) is 0.168. The standard InChI is InChI=1S/C29H26ClF3N4O4/c1-40-28(38)35-23-8-4-19(5-9-23)21-14-34-36(15-21)26(12-18-2-3-18)25-10-6-20(16-37(25)39)24-13-22(30)7-11-27(24)41-17-29(31,32)33/h4-11,13-16,18,26H,2-3,12,17H2,1H3,(H,35,38). The highest BCUT2D eigenvalue weighted by Crippen LogP contribution is 2.40. The number of rotatable bonds is 9. The van der Waals surface area contributed by atoms with Crippen LogP contribution in [-0.4, -0.2) is 35.8 Å². The monoisotopic (exact) mass is 586 g/mol. The van der Waals surface area contributed by atoms with Crippen LogP contribution in [-0.2, 0) is 4.74 Å². The zero-order valence-electron chi connectivity index (χ0n) is 21.9. The molecule has 1 aliphatic carbocycles. The minimum Gasteiger partial charge on any atom is -0.618 e. The van der Waals surface area contributed by atoms with Crippen molar-refractivity contribution in [1.82, 2.24) is 9.78 Å². The number of methoxy groups -OCH3 is 1. The average molecular weight is 587 g/mol. The van der Waals surface area contributed by atoms with Gasteiger partial charge in [0.1, 0.15) is 11.8 Å². The lowest BCUT2D eigenvalue weighted by atomic mass is 10.0. The van der Waals surface area contributed by atoms with E-state index in [1.807, 2.05) is 18.3 Å². The molecular weight excluding hydrogens is 561 g/mol. The first-order valence-corrected chi connectivity index (χ1v) is 13.2. The molecule has 0 spiro atoms. The first kappa shape index (κ1) is 28.3. The Morgan fingerprint density at radius 3 is 2.54 bits per heavy atom. The van der Waals surface area contributed by atoms with E-state index in [0.717, 1.165) is 28.7 Å². The predicted octanol–water partition coefficient (Wildman–Crippen LogP) is 7.01. The van der Waals surface area contributed by atoms with E-state index >= 15 is 0 Å². The SMILES string of the molecule is COC(=O)Nc1ccc(-c2cnn(C(CC3CC3)c3ccc(-c4cc(Cl)ccc4OCC(F)(F)F)c[n+]3[O-])c2)cc1. The summed E-state index contributed by atoms with van der Waals surface area (Å²) in [6.45, 7) is -1.47. The lowest BCUT2D eigenvalue weighted by Gasteiger charge is -2.18. The number of aromatic nitrogens is 3. The number of alkyl halides is 3. The van der Waals surface area contributed by atoms with Crippen molar-refractivity contribution in [2.24, 2.45) is 5.92 Å². The fourth-order valence-corrected chi connectivity index (χ4v) is 4.70. The van der Waals surface area contributed by atoms with Crippen molar-refractivity contribution in [3.05, 3.63) is 89.1 Å². The van der Waals surface area contributed by atoms with Gasteiger partial charge in [-0.3, -0.25) is 10.00 Å². The smallest absolute Gasteiger partial charge is 0.422 e. The van der Waals surface area contributed by atoms with E-state index in [2.05, 4.69) is 15.2 Å². The van der Waals surface area contributed by atoms with Gasteiger partial charge in [-0.25, -0.2) is 4.79 Å². The zero-order chi connectivity index (χ0) is 29.1. The van der Waals surface area contributed by atoms with Gasteiger partial charge in [0, 0.05) is 34.1 Å². The molecule has 2 aromatic carbocycles. The van der Waals surface area contributed by atoms with Crippen LogP contribution >= 0.6 is 11.6 Å². The third-order valence-electron chi connectivity index (χ3n) is 6.75. The van der Waals surface area contributed by atoms with Crippen LogP contribution in [0.2, 0.25) is 5.02 Å². The number of nitrogens with zero attached hydrogens (tertiary/aromatic N) is 3. The third-order valence-corrected chi connectivity index (χ3v) is 6.99. The number of carbonyl (C=O) groups excluding carboxylic acids is 1. The minimum absolute atomic E-state index is 0.0291. The van der Waals surface area contributed by atoms with Crippen molar-refractivity contribution in [2.75, 3.05) is 19.0 Å². The van der Waals surface area contributed by atoms with E-state index < -0.39 is 18.9 Å². The highest BCUT2D eigenvalue weighted by Gasteiger charge is 2.32. The molecule has 1 N–H and O–H groups in total. The van der Waals surface area contributed by atoms with Gasteiger partial charge in [-0.05, 0) is 54.3 Å². The average Bonchev–Trinajstić information content (AvgIpc) is 3.64. The Bertz CT molecular complexity index is 1540. The summed E-state index contributed by atoms with van der Waals surface area (Å²) < 4.78 is 50.4. The van der Waals surface area contributed by atoms with Crippen LogP contribution in [0.15, 0.2) is 73.2 Å². The Morgan fingerprint density at radius 2 is 1.88 bits per heavy atom. The maximum Gasteiger partial charge on any atom is 0.422 e. The largest absolute Gasteiger partial charge is 0.618 e. The number of pyridine rings is 1. The molecular formula is C29H26ClF3N4O4. The molecule has 4 aromatic rings. The molecule has 1 amide bonds. The maximum absolute atomic E-state index is 13.3. The molecule has 5 rings (SSSR count). The number of hydrogen-bond acceptors (Lipinski definition) is 5. The molecule has 214 valence electrons. The van der Waals surface area contributed by atoms with Gasteiger partial charge in [0.25, 0.3) is 0 Å². The topological polar surface area (TPSA) is 92.3 Å². The molecule has 1 fully saturated rings. The lowest BCUT2D eigenvalue weighted by molar-refractivity contribution is -0.615. The van der Waals surface area contributed by atoms with E-state index in [1.165, 1.54) is 31.5 Å². The Hall–Kier alpha value is -4.25. The van der Waals surface area contributed by atoms with Crippen LogP contribution in [0.4, 0.5) is 23.7 Å². The summed E-state index contributed by atoms with van der Waals surface area (Å²) in [4.78, 5) is 11.4. The first-order chi connectivity index (χ1) is 19.6. The molecule has 1 aliphatic rings. The van der Waals surface area contributed by atoms with E-state index in [0.29, 0.717) is 34.3 Å². The van der Waals surface area contributed by atoms with Crippen LogP contribution in [0.5, 0.6) is 5.75 Å². The fourth-order valence-electron chi connectivity index (χ4n) is 4.53. The van der Waals surface area contributed by atoms with Crippen molar-refractivity contribution >= 4 is 23.4 Å². The molecule has 0 bridgehead atoms. The molecule has 41 heavy (non-hydrogen) atoms. The molecule has 1 unspecified atom stereocenters. The van der Waals surface area contributed by atoms with Crippen molar-refractivity contribution in [3.63, 3.8) is 0 Å². The lowest BCUT2D eigenvalue weighted by Crippen LogP contribution is -2.35. The van der Waals surface area contributed by atoms with E-state index in [1.54, 1.807) is 35.1 Å². The van der Waals surface area contributed by atoms with E-state index in [-0.39, 0.29) is 17.4 Å². The number of hydrogen-bond donors (Lipinski definition) is 1. The molecule has 0 aliphatic heterocycles. The van der Waals surface area contributed by atoms with Crippen molar-refractivity contribution in [2.45, 2.75) is 31.5 Å². The summed E-state index contributed by atoms with van der Waals surface area (Å²) in [6.07, 6.45) is 2.66. The minimum atomic E-state index is -4.51. The second-order valence-corrected chi connectivity index (χ2v) is 10.2. The molecule has 1 atom stereocenters. The Balaban J connectivity index is 1.42. The van der Waals surface area contributed by atoms with Crippen LogP contribution in [0, 0.1) is 11.1 Å². The molecule has 8 nitrogen and oxygen atoms in total. The third kappa shape index (κ3) is 7.10. The number of benzene rings is 2. The second-order valence-electron chi connectivity index (χ2n) is 9.81. The molecule has 0 saturated heterocycles. The van der Waals surface area contributed by atoms with Gasteiger partial charge in [0.05, 0.1) is 18.9 Å². The van der Waals surface area contributed by atoms with Gasteiger partial charge >= 0.3 is 12.3 Å². The number of nitrogens with one attached hydrogen (secondary N) is 1. The van der Waals surface area contributed by atoms with Gasteiger partial charge in [-0.1, -0.05) is 36.6 Å². The number of halogens is 4. The summed E-state index contributed by atoms with van der Waals surface area (Å²) in [5.41, 5.74) is 3.38. The van der Waals surface area contributed by atoms with E-state index in [4.69, 9.17) is 16.3 Å². The summed E-state index contributed by atoms with van der Waals surface area (Å²) in [5, 5.41) is 20.8. The Labute approximate surface area is 238 Å². The highest BCUT2D eigenvalue weighted by molar-refractivity contribution is 6.31. The molecule has 12 heteroatoms. The van der Waals surface area contributed by atoms with E-state index in [9.17, 15) is 23.2 Å². The van der Waals surface area contributed by atoms with Crippen molar-refractivity contribution in [1.29, 1.82) is 0 Å². The van der Waals surface area contributed by atoms with Crippen molar-refractivity contribution in [3.8, 4) is 28.0 Å². The van der Waals surface area contributed by atoms with Gasteiger partial charge in [0.15, 0.2) is 12.8 Å². The molecule has 1 saturated carbocycles. The predicted molar refractivity (Wildman–Crippen MR) is 147 cm³/mol. The van der Waals surface area contributed by atoms with Gasteiger partial charge in [-0.15, -0.1) is 0 Å². The van der Waals surface area contributed by atoms with Crippen molar-refractivity contribution < 1.29 is 32.2 Å². The van der Waals surface area contributed by atoms with Crippen LogP contribution < -0.4 is 14.8 Å². The number of carbonyl (C=O) groups is 1. The maximum atomic E-state index is 13.3. The van der Waals surface area contributed by atoms with Crippen LogP contribution in [0.3, 0.4) is 0 Å². The Kier molecular flexibility index (Phi) is 8.07. The summed E-state index contributed by atoms with van der Waals surface area (Å²) in [7, 11) is 1.29. The summed E-state index contributed by atoms with van der Waals surface area (Å²) >= 11 is 6.11. The molecule has 0 radical (unpaired) electrons. The van der Waals surface area contributed by atoms with Gasteiger partial charge < -0.3 is 14.7 Å². The molecule has 2 aromatic heterocycles. The van der Waals surface area contributed by atoms with Gasteiger partial charge in [0.2, 0.25) is 5.69 Å².